The van der Waals surface area contributed by atoms with Crippen molar-refractivity contribution < 1.29 is 19.8 Å². The van der Waals surface area contributed by atoms with Gasteiger partial charge in [0.2, 0.25) is 0 Å². The van der Waals surface area contributed by atoms with Crippen LogP contribution in [-0.2, 0) is 22.4 Å². The van der Waals surface area contributed by atoms with E-state index >= 15 is 0 Å². The average Bonchev–Trinajstić information content (AvgIpc) is 2.57. The Kier molecular flexibility index (Phi) is 8.03. The Hall–Kier alpha value is -2.84. The monoisotopic (exact) mass is 332 g/mol. The van der Waals surface area contributed by atoms with Gasteiger partial charge in [-0.2, -0.15) is 0 Å². The second-order valence-corrected chi connectivity index (χ2v) is 4.98. The van der Waals surface area contributed by atoms with Crippen LogP contribution in [0.15, 0.2) is 48.9 Å². The molecule has 128 valence electrons. The number of nitrogens with two attached hydrogens (primary N) is 2. The number of hydrogen-bond acceptors (Lipinski definition) is 6. The van der Waals surface area contributed by atoms with E-state index in [1.165, 1.54) is 0 Å². The van der Waals surface area contributed by atoms with Gasteiger partial charge in [-0.15, -0.1) is 0 Å². The van der Waals surface area contributed by atoms with Gasteiger partial charge >= 0.3 is 11.9 Å². The first-order valence-electron chi connectivity index (χ1n) is 7.15. The molecule has 8 nitrogen and oxygen atoms in total. The van der Waals surface area contributed by atoms with Crippen LogP contribution in [0, 0.1) is 0 Å². The molecular weight excluding hydrogens is 312 g/mol. The summed E-state index contributed by atoms with van der Waals surface area (Å²) in [6.45, 7) is 0. The second kappa shape index (κ2) is 10.0. The number of hydrogen-bond donors (Lipinski definition) is 4. The molecule has 0 spiro atoms. The highest BCUT2D eigenvalue weighted by Gasteiger charge is 2.12. The zero-order valence-electron chi connectivity index (χ0n) is 12.9. The third-order valence-electron chi connectivity index (χ3n) is 2.97. The number of rotatable bonds is 6. The fourth-order valence-corrected chi connectivity index (χ4v) is 1.69. The van der Waals surface area contributed by atoms with Crippen molar-refractivity contribution >= 4 is 11.9 Å². The van der Waals surface area contributed by atoms with E-state index in [1.807, 2.05) is 0 Å². The third kappa shape index (κ3) is 7.43. The highest BCUT2D eigenvalue weighted by molar-refractivity contribution is 5.73. The smallest absolute Gasteiger partial charge is 0.320 e. The predicted molar refractivity (Wildman–Crippen MR) is 87.1 cm³/mol. The standard InChI is InChI=1S/2C8H10N2O2/c9-7(8(11)12)4-6-2-1-3-10-5-6;9-7(8(11)12)5-6-3-1-2-4-10-6/h1-3,5,7H,4,9H2,(H,11,12);1-4,7H,5,9H2,(H,11,12)/t2*7-/m00/s1. The first-order chi connectivity index (χ1) is 11.4. The summed E-state index contributed by atoms with van der Waals surface area (Å²) in [5.74, 6) is -1.99. The van der Waals surface area contributed by atoms with Gasteiger partial charge < -0.3 is 21.7 Å². The summed E-state index contributed by atoms with van der Waals surface area (Å²) >= 11 is 0. The molecule has 0 aliphatic heterocycles. The predicted octanol–water partition coefficient (Wildman–Crippen LogP) is 0.0720. The normalized spacial score (nSPS) is 12.4. The van der Waals surface area contributed by atoms with Crippen molar-refractivity contribution in [2.45, 2.75) is 24.9 Å². The Morgan fingerprint density at radius 2 is 1.62 bits per heavy atom. The Bertz CT molecular complexity index is 580. The number of carboxylic acids is 2. The summed E-state index contributed by atoms with van der Waals surface area (Å²) in [6, 6.07) is 7.18. The maximum absolute atomic E-state index is 10.4. The zero-order valence-corrected chi connectivity index (χ0v) is 12.9. The fourth-order valence-electron chi connectivity index (χ4n) is 1.69. The molecule has 24 heavy (non-hydrogen) atoms. The van der Waals surface area contributed by atoms with Crippen molar-refractivity contribution in [2.75, 3.05) is 0 Å². The number of pyridine rings is 2. The number of carboxylic acid groups (broad SMARTS) is 2. The van der Waals surface area contributed by atoms with Gasteiger partial charge in [-0.05, 0) is 30.2 Å². The molecule has 0 unspecified atom stereocenters. The molecule has 2 rings (SSSR count). The molecule has 0 radical (unpaired) electrons. The number of carbonyl (C=O) groups is 2. The molecule has 6 N–H and O–H groups in total. The average molecular weight is 332 g/mol. The van der Waals surface area contributed by atoms with Crippen LogP contribution >= 0.6 is 0 Å². The Morgan fingerprint density at radius 1 is 0.958 bits per heavy atom. The first kappa shape index (κ1) is 19.2. The topological polar surface area (TPSA) is 152 Å². The number of aliphatic carboxylic acids is 2. The molecule has 2 aromatic heterocycles. The Morgan fingerprint density at radius 3 is 2.12 bits per heavy atom. The molecule has 0 saturated carbocycles. The van der Waals surface area contributed by atoms with E-state index in [9.17, 15) is 9.59 Å². The molecule has 0 amide bonds. The van der Waals surface area contributed by atoms with E-state index in [-0.39, 0.29) is 6.42 Å². The maximum atomic E-state index is 10.4. The lowest BCUT2D eigenvalue weighted by Gasteiger charge is -2.04. The minimum Gasteiger partial charge on any atom is -0.480 e. The van der Waals surface area contributed by atoms with Crippen LogP contribution in [0.25, 0.3) is 0 Å². The molecule has 0 aliphatic carbocycles. The van der Waals surface area contributed by atoms with Crippen LogP contribution in [0.1, 0.15) is 11.3 Å². The quantitative estimate of drug-likeness (QED) is 0.580. The highest BCUT2D eigenvalue weighted by Crippen LogP contribution is 1.99. The largest absolute Gasteiger partial charge is 0.480 e. The minimum atomic E-state index is -0.999. The van der Waals surface area contributed by atoms with Crippen LogP contribution in [0.5, 0.6) is 0 Å². The van der Waals surface area contributed by atoms with Gasteiger partial charge in [0, 0.05) is 30.7 Å². The molecular formula is C16H20N4O4. The summed E-state index contributed by atoms with van der Waals surface area (Å²) < 4.78 is 0. The van der Waals surface area contributed by atoms with E-state index in [0.29, 0.717) is 12.1 Å². The lowest BCUT2D eigenvalue weighted by atomic mass is 10.1. The van der Waals surface area contributed by atoms with E-state index in [2.05, 4.69) is 9.97 Å². The lowest BCUT2D eigenvalue weighted by molar-refractivity contribution is -0.139. The van der Waals surface area contributed by atoms with Crippen molar-refractivity contribution in [1.29, 1.82) is 0 Å². The van der Waals surface area contributed by atoms with Gasteiger partial charge in [-0.1, -0.05) is 12.1 Å². The molecule has 2 atom stereocenters. The Labute approximate surface area is 139 Å². The minimum absolute atomic E-state index is 0.274. The SMILES string of the molecule is N[C@@H](Cc1ccccn1)C(=O)O.N[C@@H](Cc1cccnc1)C(=O)O. The third-order valence-corrected chi connectivity index (χ3v) is 2.97. The van der Waals surface area contributed by atoms with Crippen molar-refractivity contribution in [3.63, 3.8) is 0 Å². The van der Waals surface area contributed by atoms with E-state index in [1.54, 1.807) is 48.9 Å². The first-order valence-corrected chi connectivity index (χ1v) is 7.15. The zero-order chi connectivity index (χ0) is 17.9. The molecule has 0 aromatic carbocycles. The van der Waals surface area contributed by atoms with Crippen LogP contribution in [0.2, 0.25) is 0 Å². The van der Waals surface area contributed by atoms with Crippen LogP contribution in [0.4, 0.5) is 0 Å². The summed E-state index contributed by atoms with van der Waals surface area (Å²) in [5.41, 5.74) is 12.2. The van der Waals surface area contributed by atoms with Crippen molar-refractivity contribution in [3.05, 3.63) is 60.2 Å². The Balaban J connectivity index is 0.000000240. The van der Waals surface area contributed by atoms with Gasteiger partial charge in [0.25, 0.3) is 0 Å². The fraction of sp³-hybridized carbons (Fsp3) is 0.250. The molecule has 2 heterocycles. The molecule has 2 aromatic rings. The van der Waals surface area contributed by atoms with Gasteiger partial charge in [0.05, 0.1) is 0 Å². The summed E-state index contributed by atoms with van der Waals surface area (Å²) in [5, 5.41) is 17.0. The summed E-state index contributed by atoms with van der Waals surface area (Å²) in [6.07, 6.45) is 5.46. The molecule has 0 saturated heterocycles. The molecule has 0 bridgehead atoms. The summed E-state index contributed by atoms with van der Waals surface area (Å²) in [4.78, 5) is 28.5. The lowest BCUT2D eigenvalue weighted by Crippen LogP contribution is -2.32. The van der Waals surface area contributed by atoms with Gasteiger partial charge in [0.15, 0.2) is 0 Å². The van der Waals surface area contributed by atoms with Crippen LogP contribution in [0.3, 0.4) is 0 Å². The van der Waals surface area contributed by atoms with Crippen LogP contribution in [-0.4, -0.2) is 44.2 Å². The van der Waals surface area contributed by atoms with Crippen molar-refractivity contribution in [3.8, 4) is 0 Å². The maximum Gasteiger partial charge on any atom is 0.320 e. The van der Waals surface area contributed by atoms with Gasteiger partial charge in [-0.25, -0.2) is 0 Å². The second-order valence-electron chi connectivity index (χ2n) is 4.98. The number of nitrogens with zero attached hydrogens (tertiary/aromatic N) is 2. The van der Waals surface area contributed by atoms with Gasteiger partial charge in [-0.3, -0.25) is 19.6 Å². The summed E-state index contributed by atoms with van der Waals surface area (Å²) in [7, 11) is 0. The van der Waals surface area contributed by atoms with E-state index < -0.39 is 24.0 Å². The van der Waals surface area contributed by atoms with E-state index in [4.69, 9.17) is 21.7 Å². The van der Waals surface area contributed by atoms with Gasteiger partial charge in [0.1, 0.15) is 12.1 Å². The van der Waals surface area contributed by atoms with Crippen molar-refractivity contribution in [2.24, 2.45) is 11.5 Å². The molecule has 0 aliphatic rings. The molecule has 0 fully saturated rings. The molecule has 8 heteroatoms. The van der Waals surface area contributed by atoms with E-state index in [0.717, 1.165) is 5.56 Å². The highest BCUT2D eigenvalue weighted by atomic mass is 16.4. The van der Waals surface area contributed by atoms with Crippen molar-refractivity contribution in [1.82, 2.24) is 9.97 Å². The van der Waals surface area contributed by atoms with Crippen LogP contribution < -0.4 is 11.5 Å². The number of aromatic nitrogens is 2.